The zero-order valence-corrected chi connectivity index (χ0v) is 15.8. The lowest BCUT2D eigenvalue weighted by molar-refractivity contribution is 0.0954. The molecule has 0 unspecified atom stereocenters. The number of nitrogens with zero attached hydrogens (tertiary/aromatic N) is 1. The molecule has 3 rings (SSSR count). The van der Waals surface area contributed by atoms with Crippen LogP contribution in [0.3, 0.4) is 0 Å². The van der Waals surface area contributed by atoms with E-state index in [9.17, 15) is 4.79 Å². The van der Waals surface area contributed by atoms with E-state index in [0.717, 1.165) is 44.1 Å². The monoisotopic (exact) mass is 354 g/mol. The number of nitrogens with one attached hydrogen (secondary N) is 1. The van der Waals surface area contributed by atoms with Crippen LogP contribution < -0.4 is 10.1 Å². The van der Waals surface area contributed by atoms with Crippen LogP contribution in [0.5, 0.6) is 5.75 Å². The summed E-state index contributed by atoms with van der Waals surface area (Å²) in [5.41, 5.74) is 4.31. The number of methoxy groups -OCH3 is 1. The van der Waals surface area contributed by atoms with Crippen molar-refractivity contribution in [1.29, 1.82) is 0 Å². The molecule has 0 saturated heterocycles. The van der Waals surface area contributed by atoms with E-state index in [2.05, 4.69) is 30.2 Å². The number of rotatable bonds is 5. The summed E-state index contributed by atoms with van der Waals surface area (Å²) in [5.74, 6) is 0.775. The van der Waals surface area contributed by atoms with E-state index in [-0.39, 0.29) is 5.91 Å². The normalized spacial score (nSPS) is 10.9. The minimum absolute atomic E-state index is 0.0345. The first-order valence-electron chi connectivity index (χ1n) is 8.34. The standard InChI is InChI=1S/C20H22N2O2S/c1-5-16-17-12(2)10-13(3)22-20(17)25-18(16)19(23)21-11-14-6-8-15(24-4)9-7-14/h6-10H,5,11H2,1-4H3,(H,21,23). The van der Waals surface area contributed by atoms with Crippen molar-refractivity contribution >= 4 is 27.5 Å². The second kappa shape index (κ2) is 7.23. The Labute approximate surface area is 151 Å². The molecule has 3 aromatic rings. The molecule has 0 saturated carbocycles. The van der Waals surface area contributed by atoms with Crippen molar-refractivity contribution in [3.63, 3.8) is 0 Å². The number of fused-ring (bicyclic) bond motifs is 1. The van der Waals surface area contributed by atoms with Gasteiger partial charge in [0, 0.05) is 17.6 Å². The highest BCUT2D eigenvalue weighted by atomic mass is 32.1. The molecule has 0 atom stereocenters. The van der Waals surface area contributed by atoms with Gasteiger partial charge in [-0.1, -0.05) is 19.1 Å². The van der Waals surface area contributed by atoms with Crippen molar-refractivity contribution in [1.82, 2.24) is 10.3 Å². The third kappa shape index (κ3) is 3.51. The van der Waals surface area contributed by atoms with Gasteiger partial charge in [0.05, 0.1) is 12.0 Å². The Morgan fingerprint density at radius 1 is 1.24 bits per heavy atom. The maximum absolute atomic E-state index is 12.7. The first-order valence-corrected chi connectivity index (χ1v) is 9.15. The van der Waals surface area contributed by atoms with Gasteiger partial charge in [-0.05, 0) is 55.2 Å². The molecular weight excluding hydrogens is 332 g/mol. The highest BCUT2D eigenvalue weighted by Crippen LogP contribution is 2.33. The summed E-state index contributed by atoms with van der Waals surface area (Å²) in [5, 5.41) is 4.16. The molecule has 2 heterocycles. The van der Waals surface area contributed by atoms with Gasteiger partial charge in [0.2, 0.25) is 0 Å². The predicted octanol–water partition coefficient (Wildman–Crippen LogP) is 4.41. The second-order valence-electron chi connectivity index (χ2n) is 6.05. The van der Waals surface area contributed by atoms with E-state index in [1.54, 1.807) is 7.11 Å². The summed E-state index contributed by atoms with van der Waals surface area (Å²) in [6.45, 7) is 6.65. The highest BCUT2D eigenvalue weighted by Gasteiger charge is 2.19. The lowest BCUT2D eigenvalue weighted by Crippen LogP contribution is -2.22. The number of amides is 1. The van der Waals surface area contributed by atoms with E-state index in [4.69, 9.17) is 4.74 Å². The molecule has 0 fully saturated rings. The lowest BCUT2D eigenvalue weighted by atomic mass is 10.0. The fourth-order valence-electron chi connectivity index (χ4n) is 3.04. The number of carbonyl (C=O) groups excluding carboxylic acids is 1. The Morgan fingerprint density at radius 3 is 2.60 bits per heavy atom. The lowest BCUT2D eigenvalue weighted by Gasteiger charge is -2.07. The number of aryl methyl sites for hydroxylation is 3. The smallest absolute Gasteiger partial charge is 0.262 e. The van der Waals surface area contributed by atoms with Crippen LogP contribution in [0.2, 0.25) is 0 Å². The average Bonchev–Trinajstić information content (AvgIpc) is 2.98. The number of thiophene rings is 1. The van der Waals surface area contributed by atoms with Gasteiger partial charge in [-0.25, -0.2) is 4.98 Å². The zero-order valence-electron chi connectivity index (χ0n) is 15.0. The van der Waals surface area contributed by atoms with E-state index in [1.165, 1.54) is 16.9 Å². The van der Waals surface area contributed by atoms with Crippen LogP contribution in [0.1, 0.15) is 39.0 Å². The first kappa shape index (κ1) is 17.4. The Balaban J connectivity index is 1.85. The Morgan fingerprint density at radius 2 is 1.96 bits per heavy atom. The number of aromatic nitrogens is 1. The number of benzene rings is 1. The van der Waals surface area contributed by atoms with Gasteiger partial charge in [0.25, 0.3) is 5.91 Å². The van der Waals surface area contributed by atoms with E-state index >= 15 is 0 Å². The van der Waals surface area contributed by atoms with E-state index in [0.29, 0.717) is 6.54 Å². The molecule has 130 valence electrons. The minimum Gasteiger partial charge on any atom is -0.497 e. The molecule has 1 amide bonds. The molecule has 25 heavy (non-hydrogen) atoms. The molecule has 1 aromatic carbocycles. The molecule has 0 spiro atoms. The summed E-state index contributed by atoms with van der Waals surface area (Å²) in [7, 11) is 1.64. The van der Waals surface area contributed by atoms with Crippen molar-refractivity contribution in [3.8, 4) is 5.75 Å². The minimum atomic E-state index is -0.0345. The molecule has 4 nitrogen and oxygen atoms in total. The fraction of sp³-hybridized carbons (Fsp3) is 0.300. The number of hydrogen-bond acceptors (Lipinski definition) is 4. The summed E-state index contributed by atoms with van der Waals surface area (Å²) < 4.78 is 5.16. The van der Waals surface area contributed by atoms with Gasteiger partial charge in [0.15, 0.2) is 0 Å². The SMILES string of the molecule is CCc1c(C(=O)NCc2ccc(OC)cc2)sc2nc(C)cc(C)c12. The van der Waals surface area contributed by atoms with Gasteiger partial charge >= 0.3 is 0 Å². The molecule has 0 radical (unpaired) electrons. The van der Waals surface area contributed by atoms with Gasteiger partial charge < -0.3 is 10.1 Å². The number of ether oxygens (including phenoxy) is 1. The first-order chi connectivity index (χ1) is 12.0. The van der Waals surface area contributed by atoms with Crippen LogP contribution in [-0.4, -0.2) is 18.0 Å². The number of pyridine rings is 1. The Bertz CT molecular complexity index is 914. The van der Waals surface area contributed by atoms with E-state index in [1.807, 2.05) is 31.2 Å². The van der Waals surface area contributed by atoms with Crippen molar-refractivity contribution in [2.24, 2.45) is 0 Å². The summed E-state index contributed by atoms with van der Waals surface area (Å²) >= 11 is 1.48. The summed E-state index contributed by atoms with van der Waals surface area (Å²) in [6, 6.07) is 9.79. The molecule has 5 heteroatoms. The van der Waals surface area contributed by atoms with Crippen LogP contribution >= 0.6 is 11.3 Å². The molecule has 2 aromatic heterocycles. The van der Waals surface area contributed by atoms with Crippen molar-refractivity contribution in [2.75, 3.05) is 7.11 Å². The molecule has 0 aliphatic rings. The third-order valence-electron chi connectivity index (χ3n) is 4.26. The Hall–Kier alpha value is -2.40. The molecule has 0 bridgehead atoms. The largest absolute Gasteiger partial charge is 0.497 e. The van der Waals surface area contributed by atoms with Crippen molar-refractivity contribution in [2.45, 2.75) is 33.7 Å². The highest BCUT2D eigenvalue weighted by molar-refractivity contribution is 7.20. The average molecular weight is 354 g/mol. The fourth-order valence-corrected chi connectivity index (χ4v) is 4.35. The van der Waals surface area contributed by atoms with Crippen LogP contribution in [0.15, 0.2) is 30.3 Å². The van der Waals surface area contributed by atoms with Gasteiger partial charge in [0.1, 0.15) is 10.6 Å². The summed E-state index contributed by atoms with van der Waals surface area (Å²) in [4.78, 5) is 19.1. The van der Waals surface area contributed by atoms with Crippen LogP contribution in [0, 0.1) is 13.8 Å². The molecule has 0 aliphatic heterocycles. The van der Waals surface area contributed by atoms with Gasteiger partial charge in [-0.15, -0.1) is 11.3 Å². The number of carbonyl (C=O) groups is 1. The van der Waals surface area contributed by atoms with Crippen molar-refractivity contribution in [3.05, 3.63) is 57.6 Å². The van der Waals surface area contributed by atoms with Crippen molar-refractivity contribution < 1.29 is 9.53 Å². The maximum atomic E-state index is 12.7. The third-order valence-corrected chi connectivity index (χ3v) is 5.38. The quantitative estimate of drug-likeness (QED) is 0.738. The summed E-state index contributed by atoms with van der Waals surface area (Å²) in [6.07, 6.45) is 0.816. The Kier molecular flexibility index (Phi) is 5.04. The molecular formula is C20H22N2O2S. The van der Waals surface area contributed by atoms with E-state index < -0.39 is 0 Å². The zero-order chi connectivity index (χ0) is 18.0. The maximum Gasteiger partial charge on any atom is 0.262 e. The van der Waals surface area contributed by atoms with Gasteiger partial charge in [-0.2, -0.15) is 0 Å². The number of hydrogen-bond donors (Lipinski definition) is 1. The molecule has 0 aliphatic carbocycles. The van der Waals surface area contributed by atoms with Crippen LogP contribution in [0.4, 0.5) is 0 Å². The second-order valence-corrected chi connectivity index (χ2v) is 7.05. The topological polar surface area (TPSA) is 51.2 Å². The van der Waals surface area contributed by atoms with Crippen LogP contribution in [0.25, 0.3) is 10.2 Å². The van der Waals surface area contributed by atoms with Crippen LogP contribution in [-0.2, 0) is 13.0 Å². The van der Waals surface area contributed by atoms with Gasteiger partial charge in [-0.3, -0.25) is 4.79 Å². The molecule has 1 N–H and O–H groups in total. The predicted molar refractivity (Wildman–Crippen MR) is 103 cm³/mol.